The molecule has 0 aliphatic heterocycles. The van der Waals surface area contributed by atoms with Crippen LogP contribution in [0.4, 0.5) is 0 Å². The number of ether oxygens (including phenoxy) is 1. The highest BCUT2D eigenvalue weighted by molar-refractivity contribution is 6.32. The van der Waals surface area contributed by atoms with Gasteiger partial charge in [-0.3, -0.25) is 0 Å². The Balaban J connectivity index is 2.00. The van der Waals surface area contributed by atoms with Crippen molar-refractivity contribution in [2.75, 3.05) is 0 Å². The SMILES string of the molecule is C[C@@H](N)c1ccc(OC2CCC(C)(C)CC2)c(Cl)c1. The van der Waals surface area contributed by atoms with Crippen LogP contribution in [-0.2, 0) is 0 Å². The second kappa shape index (κ2) is 5.72. The smallest absolute Gasteiger partial charge is 0.138 e. The lowest BCUT2D eigenvalue weighted by Gasteiger charge is -2.34. The largest absolute Gasteiger partial charge is 0.489 e. The van der Waals surface area contributed by atoms with E-state index < -0.39 is 0 Å². The minimum absolute atomic E-state index is 0.00188. The van der Waals surface area contributed by atoms with E-state index in [4.69, 9.17) is 22.1 Å². The first-order valence-electron chi connectivity index (χ1n) is 7.09. The Kier molecular flexibility index (Phi) is 4.42. The summed E-state index contributed by atoms with van der Waals surface area (Å²) >= 11 is 6.27. The van der Waals surface area contributed by atoms with Crippen LogP contribution in [0.5, 0.6) is 5.75 Å². The number of halogens is 1. The van der Waals surface area contributed by atoms with Crippen molar-refractivity contribution in [2.45, 2.75) is 58.6 Å². The van der Waals surface area contributed by atoms with E-state index in [0.29, 0.717) is 16.5 Å². The van der Waals surface area contributed by atoms with Crippen LogP contribution in [0.2, 0.25) is 5.02 Å². The van der Waals surface area contributed by atoms with Crippen LogP contribution in [0.1, 0.15) is 58.1 Å². The van der Waals surface area contributed by atoms with E-state index in [2.05, 4.69) is 13.8 Å². The number of hydrogen-bond donors (Lipinski definition) is 1. The molecule has 1 aliphatic carbocycles. The van der Waals surface area contributed by atoms with Gasteiger partial charge in [-0.25, -0.2) is 0 Å². The van der Waals surface area contributed by atoms with Crippen molar-refractivity contribution in [3.8, 4) is 5.75 Å². The lowest BCUT2D eigenvalue weighted by atomic mass is 9.76. The van der Waals surface area contributed by atoms with Crippen LogP contribution in [0.3, 0.4) is 0 Å². The summed E-state index contributed by atoms with van der Waals surface area (Å²) in [6.45, 7) is 6.61. The fraction of sp³-hybridized carbons (Fsp3) is 0.625. The van der Waals surface area contributed by atoms with E-state index in [-0.39, 0.29) is 6.04 Å². The zero-order chi connectivity index (χ0) is 14.0. The molecule has 106 valence electrons. The van der Waals surface area contributed by atoms with Crippen molar-refractivity contribution in [3.05, 3.63) is 28.8 Å². The minimum Gasteiger partial charge on any atom is -0.489 e. The van der Waals surface area contributed by atoms with E-state index in [9.17, 15) is 0 Å². The van der Waals surface area contributed by atoms with Crippen molar-refractivity contribution < 1.29 is 4.74 Å². The van der Waals surface area contributed by atoms with Gasteiger partial charge in [0.15, 0.2) is 0 Å². The molecule has 0 heterocycles. The van der Waals surface area contributed by atoms with Gasteiger partial charge in [-0.1, -0.05) is 31.5 Å². The van der Waals surface area contributed by atoms with Crippen molar-refractivity contribution >= 4 is 11.6 Å². The minimum atomic E-state index is 0.00188. The Morgan fingerprint density at radius 1 is 1.32 bits per heavy atom. The molecule has 19 heavy (non-hydrogen) atoms. The molecular weight excluding hydrogens is 258 g/mol. The normalized spacial score (nSPS) is 21.1. The molecular formula is C16H24ClNO. The average Bonchev–Trinajstić information content (AvgIpc) is 2.34. The highest BCUT2D eigenvalue weighted by Crippen LogP contribution is 2.37. The highest BCUT2D eigenvalue weighted by Gasteiger charge is 2.28. The zero-order valence-electron chi connectivity index (χ0n) is 12.1. The summed E-state index contributed by atoms with van der Waals surface area (Å²) < 4.78 is 6.04. The van der Waals surface area contributed by atoms with Crippen LogP contribution in [-0.4, -0.2) is 6.10 Å². The monoisotopic (exact) mass is 281 g/mol. The van der Waals surface area contributed by atoms with Crippen LogP contribution in [0.25, 0.3) is 0 Å². The first-order chi connectivity index (χ1) is 8.87. The third-order valence-corrected chi connectivity index (χ3v) is 4.36. The molecule has 1 aliphatic rings. The summed E-state index contributed by atoms with van der Waals surface area (Å²) in [5, 5.41) is 0.666. The van der Waals surface area contributed by atoms with Crippen LogP contribution < -0.4 is 10.5 Å². The topological polar surface area (TPSA) is 35.2 Å². The van der Waals surface area contributed by atoms with Crippen molar-refractivity contribution in [3.63, 3.8) is 0 Å². The predicted molar refractivity (Wildman–Crippen MR) is 80.7 cm³/mol. The van der Waals surface area contributed by atoms with Crippen molar-refractivity contribution in [1.82, 2.24) is 0 Å². The molecule has 1 aromatic carbocycles. The highest BCUT2D eigenvalue weighted by atomic mass is 35.5. The number of nitrogens with two attached hydrogens (primary N) is 1. The lowest BCUT2D eigenvalue weighted by molar-refractivity contribution is 0.0988. The number of benzene rings is 1. The molecule has 2 rings (SSSR count). The van der Waals surface area contributed by atoms with Gasteiger partial charge < -0.3 is 10.5 Å². The van der Waals surface area contributed by atoms with Gasteiger partial charge in [0, 0.05) is 6.04 Å². The lowest BCUT2D eigenvalue weighted by Crippen LogP contribution is -2.28. The van der Waals surface area contributed by atoms with Gasteiger partial charge in [-0.15, -0.1) is 0 Å². The molecule has 0 bridgehead atoms. The molecule has 2 nitrogen and oxygen atoms in total. The van der Waals surface area contributed by atoms with Gasteiger partial charge in [0.1, 0.15) is 5.75 Å². The standard InChI is InChI=1S/C16H24ClNO/c1-11(18)12-4-5-15(14(17)10-12)19-13-6-8-16(2,3)9-7-13/h4-5,10-11,13H,6-9,18H2,1-3H3/t11-/m1/s1. The number of rotatable bonds is 3. The molecule has 0 saturated heterocycles. The summed E-state index contributed by atoms with van der Waals surface area (Å²) in [5.41, 5.74) is 7.35. The van der Waals surface area contributed by atoms with Gasteiger partial charge in [0.05, 0.1) is 11.1 Å². The molecule has 1 fully saturated rings. The maximum Gasteiger partial charge on any atom is 0.138 e. The Hall–Kier alpha value is -0.730. The Labute approximate surface area is 121 Å². The fourth-order valence-corrected chi connectivity index (χ4v) is 2.80. The van der Waals surface area contributed by atoms with E-state index in [1.165, 1.54) is 12.8 Å². The van der Waals surface area contributed by atoms with Gasteiger partial charge >= 0.3 is 0 Å². The summed E-state index contributed by atoms with van der Waals surface area (Å²) in [7, 11) is 0. The molecule has 0 spiro atoms. The van der Waals surface area contributed by atoms with Gasteiger partial charge in [0.25, 0.3) is 0 Å². The maximum atomic E-state index is 6.27. The van der Waals surface area contributed by atoms with Crippen LogP contribution >= 0.6 is 11.6 Å². The zero-order valence-corrected chi connectivity index (χ0v) is 12.8. The van der Waals surface area contributed by atoms with E-state index >= 15 is 0 Å². The summed E-state index contributed by atoms with van der Waals surface area (Å²) in [6, 6.07) is 5.86. The summed E-state index contributed by atoms with van der Waals surface area (Å²) in [6.07, 6.45) is 4.95. The van der Waals surface area contributed by atoms with Gasteiger partial charge in [0.2, 0.25) is 0 Å². The Morgan fingerprint density at radius 3 is 2.47 bits per heavy atom. The molecule has 0 amide bonds. The molecule has 2 N–H and O–H groups in total. The quantitative estimate of drug-likeness (QED) is 0.871. The van der Waals surface area contributed by atoms with Gasteiger partial charge in [-0.2, -0.15) is 0 Å². The molecule has 3 heteroatoms. The second-order valence-corrected chi connectivity index (χ2v) is 6.87. The second-order valence-electron chi connectivity index (χ2n) is 6.46. The third kappa shape index (κ3) is 3.87. The summed E-state index contributed by atoms with van der Waals surface area (Å²) in [5.74, 6) is 0.788. The molecule has 1 saturated carbocycles. The van der Waals surface area contributed by atoms with E-state index in [0.717, 1.165) is 24.2 Å². The van der Waals surface area contributed by atoms with E-state index in [1.807, 2.05) is 25.1 Å². The van der Waals surface area contributed by atoms with Crippen molar-refractivity contribution in [1.29, 1.82) is 0 Å². The maximum absolute atomic E-state index is 6.27. The fourth-order valence-electron chi connectivity index (χ4n) is 2.57. The van der Waals surface area contributed by atoms with Crippen LogP contribution in [0.15, 0.2) is 18.2 Å². The Morgan fingerprint density at radius 2 is 1.95 bits per heavy atom. The third-order valence-electron chi connectivity index (χ3n) is 4.06. The number of hydrogen-bond acceptors (Lipinski definition) is 2. The van der Waals surface area contributed by atoms with Gasteiger partial charge in [-0.05, 0) is 55.7 Å². The Bertz CT molecular complexity index is 432. The molecule has 0 radical (unpaired) electrons. The average molecular weight is 282 g/mol. The molecule has 0 unspecified atom stereocenters. The first-order valence-corrected chi connectivity index (χ1v) is 7.47. The van der Waals surface area contributed by atoms with E-state index in [1.54, 1.807) is 0 Å². The van der Waals surface area contributed by atoms with Crippen LogP contribution in [0, 0.1) is 5.41 Å². The molecule has 1 atom stereocenters. The van der Waals surface area contributed by atoms with Crippen molar-refractivity contribution in [2.24, 2.45) is 11.1 Å². The first kappa shape index (κ1) is 14.7. The summed E-state index contributed by atoms with van der Waals surface area (Å²) in [4.78, 5) is 0. The molecule has 1 aromatic rings. The predicted octanol–water partition coefficient (Wildman–Crippen LogP) is 4.71. The molecule has 0 aromatic heterocycles.